The lowest BCUT2D eigenvalue weighted by Crippen LogP contribution is -2.50. The minimum atomic E-state index is 0.0220. The highest BCUT2D eigenvalue weighted by molar-refractivity contribution is 7.09. The number of aryl methyl sites for hydroxylation is 1. The van der Waals surface area contributed by atoms with Crippen molar-refractivity contribution in [2.24, 2.45) is 0 Å². The van der Waals surface area contributed by atoms with Crippen molar-refractivity contribution >= 4 is 23.1 Å². The second-order valence-corrected chi connectivity index (χ2v) is 7.13. The van der Waals surface area contributed by atoms with Gasteiger partial charge in [-0.1, -0.05) is 31.2 Å². The van der Waals surface area contributed by atoms with Crippen LogP contribution in [-0.4, -0.2) is 48.6 Å². The Kier molecular flexibility index (Phi) is 5.88. The molecule has 1 aromatic carbocycles. The molecule has 1 aliphatic rings. The molecule has 0 saturated carbocycles. The van der Waals surface area contributed by atoms with Gasteiger partial charge in [-0.05, 0) is 35.9 Å². The van der Waals surface area contributed by atoms with Crippen LogP contribution in [0.15, 0.2) is 41.8 Å². The molecule has 128 valence electrons. The summed E-state index contributed by atoms with van der Waals surface area (Å²) >= 11 is 1.82. The fourth-order valence-corrected chi connectivity index (χ4v) is 3.74. The quantitative estimate of drug-likeness (QED) is 0.898. The van der Waals surface area contributed by atoms with Gasteiger partial charge in [0.2, 0.25) is 0 Å². The Labute approximate surface area is 148 Å². The first-order valence-corrected chi connectivity index (χ1v) is 9.53. The summed E-state index contributed by atoms with van der Waals surface area (Å²) in [5, 5.41) is 5.20. The minimum Gasteiger partial charge on any atom is -0.322 e. The van der Waals surface area contributed by atoms with E-state index in [1.165, 1.54) is 10.4 Å². The SMILES string of the molecule is CCc1ccccc1NC(=O)N1CCN(CCc2cccs2)CC1. The van der Waals surface area contributed by atoms with Crippen LogP contribution in [-0.2, 0) is 12.8 Å². The Bertz CT molecular complexity index is 648. The van der Waals surface area contributed by atoms with Gasteiger partial charge in [0.05, 0.1) is 0 Å². The van der Waals surface area contributed by atoms with Crippen LogP contribution < -0.4 is 5.32 Å². The molecule has 0 radical (unpaired) electrons. The Balaban J connectivity index is 1.46. The Morgan fingerprint density at radius 2 is 1.92 bits per heavy atom. The van der Waals surface area contributed by atoms with E-state index < -0.39 is 0 Å². The molecule has 24 heavy (non-hydrogen) atoms. The van der Waals surface area contributed by atoms with Gasteiger partial charge in [0.25, 0.3) is 0 Å². The lowest BCUT2D eigenvalue weighted by Gasteiger charge is -2.34. The first-order chi connectivity index (χ1) is 11.8. The molecule has 0 spiro atoms. The number of anilines is 1. The standard InChI is InChI=1S/C19H25N3OS/c1-2-16-6-3-4-8-18(16)20-19(23)22-13-11-21(12-14-22)10-9-17-7-5-15-24-17/h3-8,15H,2,9-14H2,1H3,(H,20,23). The van der Waals surface area contributed by atoms with Gasteiger partial charge >= 0.3 is 6.03 Å². The summed E-state index contributed by atoms with van der Waals surface area (Å²) in [6.07, 6.45) is 2.03. The number of rotatable bonds is 5. The number of carbonyl (C=O) groups is 1. The highest BCUT2D eigenvalue weighted by Gasteiger charge is 2.21. The number of para-hydroxylation sites is 1. The smallest absolute Gasteiger partial charge is 0.321 e. The van der Waals surface area contributed by atoms with E-state index >= 15 is 0 Å². The zero-order valence-corrected chi connectivity index (χ0v) is 15.0. The van der Waals surface area contributed by atoms with E-state index in [4.69, 9.17) is 0 Å². The molecule has 2 heterocycles. The van der Waals surface area contributed by atoms with Crippen LogP contribution in [0, 0.1) is 0 Å². The number of urea groups is 1. The Morgan fingerprint density at radius 3 is 2.62 bits per heavy atom. The van der Waals surface area contributed by atoms with Gasteiger partial charge in [-0.3, -0.25) is 4.90 Å². The average molecular weight is 343 g/mol. The predicted molar refractivity (Wildman–Crippen MR) is 101 cm³/mol. The van der Waals surface area contributed by atoms with E-state index in [9.17, 15) is 4.79 Å². The van der Waals surface area contributed by atoms with E-state index in [1.54, 1.807) is 0 Å². The number of hydrogen-bond donors (Lipinski definition) is 1. The summed E-state index contributed by atoms with van der Waals surface area (Å²) in [6.45, 7) is 6.68. The molecule has 0 atom stereocenters. The van der Waals surface area contributed by atoms with Crippen molar-refractivity contribution in [3.05, 3.63) is 52.2 Å². The molecule has 1 saturated heterocycles. The number of carbonyl (C=O) groups excluding carboxylic acids is 1. The Morgan fingerprint density at radius 1 is 1.12 bits per heavy atom. The van der Waals surface area contributed by atoms with Crippen molar-refractivity contribution in [1.82, 2.24) is 9.80 Å². The highest BCUT2D eigenvalue weighted by Crippen LogP contribution is 2.17. The van der Waals surface area contributed by atoms with Gasteiger partial charge in [0.1, 0.15) is 0 Å². The lowest BCUT2D eigenvalue weighted by molar-refractivity contribution is 0.148. The summed E-state index contributed by atoms with van der Waals surface area (Å²) in [6, 6.07) is 12.4. The molecular weight excluding hydrogens is 318 g/mol. The number of piperazine rings is 1. The van der Waals surface area contributed by atoms with Crippen LogP contribution in [0.1, 0.15) is 17.4 Å². The molecule has 0 unspecified atom stereocenters. The third-order valence-corrected chi connectivity index (χ3v) is 5.49. The topological polar surface area (TPSA) is 35.6 Å². The maximum atomic E-state index is 12.5. The van der Waals surface area contributed by atoms with Crippen LogP contribution in [0.25, 0.3) is 0 Å². The number of hydrogen-bond acceptors (Lipinski definition) is 3. The predicted octanol–water partition coefficient (Wildman–Crippen LogP) is 3.70. The van der Waals surface area contributed by atoms with Crippen molar-refractivity contribution in [3.63, 3.8) is 0 Å². The largest absolute Gasteiger partial charge is 0.322 e. The minimum absolute atomic E-state index is 0.0220. The number of amides is 2. The summed E-state index contributed by atoms with van der Waals surface area (Å²) in [5.41, 5.74) is 2.12. The first-order valence-electron chi connectivity index (χ1n) is 8.65. The lowest BCUT2D eigenvalue weighted by atomic mass is 10.1. The third-order valence-electron chi connectivity index (χ3n) is 4.55. The molecule has 0 bridgehead atoms. The normalized spacial score (nSPS) is 15.5. The number of nitrogens with one attached hydrogen (secondary N) is 1. The molecule has 1 fully saturated rings. The molecular formula is C19H25N3OS. The Hall–Kier alpha value is -1.85. The van der Waals surface area contributed by atoms with Gasteiger partial charge in [0.15, 0.2) is 0 Å². The van der Waals surface area contributed by atoms with E-state index in [1.807, 2.05) is 34.4 Å². The average Bonchev–Trinajstić information content (AvgIpc) is 3.14. The zero-order chi connectivity index (χ0) is 16.8. The molecule has 5 heteroatoms. The van der Waals surface area contributed by atoms with Crippen molar-refractivity contribution < 1.29 is 4.79 Å². The summed E-state index contributed by atoms with van der Waals surface area (Å²) < 4.78 is 0. The maximum absolute atomic E-state index is 12.5. The third kappa shape index (κ3) is 4.36. The van der Waals surface area contributed by atoms with E-state index in [2.05, 4.69) is 40.7 Å². The van der Waals surface area contributed by atoms with E-state index in [0.29, 0.717) is 0 Å². The van der Waals surface area contributed by atoms with Crippen molar-refractivity contribution in [3.8, 4) is 0 Å². The second-order valence-electron chi connectivity index (χ2n) is 6.10. The van der Waals surface area contributed by atoms with Gasteiger partial charge in [-0.15, -0.1) is 11.3 Å². The molecule has 2 aromatic rings. The van der Waals surface area contributed by atoms with Gasteiger partial charge in [0, 0.05) is 43.3 Å². The van der Waals surface area contributed by atoms with Crippen LogP contribution >= 0.6 is 11.3 Å². The first kappa shape index (κ1) is 17.0. The van der Waals surface area contributed by atoms with E-state index in [0.717, 1.165) is 51.3 Å². The number of benzene rings is 1. The van der Waals surface area contributed by atoms with Crippen LogP contribution in [0.4, 0.5) is 10.5 Å². The summed E-state index contributed by atoms with van der Waals surface area (Å²) in [5.74, 6) is 0. The van der Waals surface area contributed by atoms with Crippen molar-refractivity contribution in [2.75, 3.05) is 38.0 Å². The fourth-order valence-electron chi connectivity index (χ4n) is 3.04. The van der Waals surface area contributed by atoms with Crippen molar-refractivity contribution in [1.29, 1.82) is 0 Å². The number of thiophene rings is 1. The monoisotopic (exact) mass is 343 g/mol. The van der Waals surface area contributed by atoms with Crippen molar-refractivity contribution in [2.45, 2.75) is 19.8 Å². The number of nitrogens with zero attached hydrogens (tertiary/aromatic N) is 2. The van der Waals surface area contributed by atoms with Gasteiger partial charge < -0.3 is 10.2 Å². The molecule has 0 aliphatic carbocycles. The van der Waals surface area contributed by atoms with Crippen LogP contribution in [0.2, 0.25) is 0 Å². The molecule has 3 rings (SSSR count). The summed E-state index contributed by atoms with van der Waals surface area (Å²) in [7, 11) is 0. The molecule has 4 nitrogen and oxygen atoms in total. The highest BCUT2D eigenvalue weighted by atomic mass is 32.1. The van der Waals surface area contributed by atoms with Gasteiger partial charge in [-0.25, -0.2) is 4.79 Å². The second kappa shape index (κ2) is 8.31. The summed E-state index contributed by atoms with van der Waals surface area (Å²) in [4.78, 5) is 18.3. The van der Waals surface area contributed by atoms with Crippen LogP contribution in [0.3, 0.4) is 0 Å². The maximum Gasteiger partial charge on any atom is 0.321 e. The van der Waals surface area contributed by atoms with E-state index in [-0.39, 0.29) is 6.03 Å². The molecule has 1 aliphatic heterocycles. The zero-order valence-electron chi connectivity index (χ0n) is 14.2. The molecule has 1 N–H and O–H groups in total. The van der Waals surface area contributed by atoms with Crippen LogP contribution in [0.5, 0.6) is 0 Å². The fraction of sp³-hybridized carbons (Fsp3) is 0.421. The molecule has 2 amide bonds. The molecule has 1 aromatic heterocycles. The van der Waals surface area contributed by atoms with Gasteiger partial charge in [-0.2, -0.15) is 0 Å².